The van der Waals surface area contributed by atoms with Gasteiger partial charge in [-0.05, 0) is 38.8 Å². The SMILES string of the molecule is CC(CC(N)=O)NC1CN2CCC1CC2. The van der Waals surface area contributed by atoms with Crippen LogP contribution in [0.1, 0.15) is 26.2 Å². The summed E-state index contributed by atoms with van der Waals surface area (Å²) < 4.78 is 0. The maximum atomic E-state index is 10.8. The van der Waals surface area contributed by atoms with E-state index in [1.807, 2.05) is 6.92 Å². The second-order valence-corrected chi connectivity index (χ2v) is 4.98. The third-order valence-electron chi connectivity index (χ3n) is 3.66. The second kappa shape index (κ2) is 4.49. The Morgan fingerprint density at radius 2 is 2.20 bits per heavy atom. The fourth-order valence-electron chi connectivity index (χ4n) is 2.88. The maximum absolute atomic E-state index is 10.8. The van der Waals surface area contributed by atoms with E-state index in [2.05, 4.69) is 10.2 Å². The summed E-state index contributed by atoms with van der Waals surface area (Å²) in [7, 11) is 0. The first kappa shape index (κ1) is 10.9. The number of hydrogen-bond donors (Lipinski definition) is 2. The molecule has 0 aromatic heterocycles. The lowest BCUT2D eigenvalue weighted by Gasteiger charge is -2.46. The maximum Gasteiger partial charge on any atom is 0.218 e. The van der Waals surface area contributed by atoms with E-state index >= 15 is 0 Å². The summed E-state index contributed by atoms with van der Waals surface area (Å²) in [5, 5.41) is 3.54. The molecule has 0 aromatic rings. The molecule has 3 heterocycles. The van der Waals surface area contributed by atoms with Gasteiger partial charge in [-0.3, -0.25) is 4.79 Å². The van der Waals surface area contributed by atoms with Gasteiger partial charge in [0.1, 0.15) is 0 Å². The van der Waals surface area contributed by atoms with Gasteiger partial charge in [-0.1, -0.05) is 0 Å². The van der Waals surface area contributed by atoms with Crippen LogP contribution in [-0.2, 0) is 4.79 Å². The zero-order valence-electron chi connectivity index (χ0n) is 9.41. The molecule has 3 aliphatic rings. The quantitative estimate of drug-likeness (QED) is 0.684. The van der Waals surface area contributed by atoms with Crippen LogP contribution in [0.4, 0.5) is 0 Å². The number of primary amides is 1. The highest BCUT2D eigenvalue weighted by molar-refractivity contribution is 5.74. The van der Waals surface area contributed by atoms with E-state index in [1.165, 1.54) is 25.9 Å². The van der Waals surface area contributed by atoms with Gasteiger partial charge in [-0.25, -0.2) is 0 Å². The van der Waals surface area contributed by atoms with Crippen molar-refractivity contribution in [1.82, 2.24) is 10.2 Å². The molecule has 0 radical (unpaired) electrons. The van der Waals surface area contributed by atoms with Crippen LogP contribution < -0.4 is 11.1 Å². The molecule has 4 nitrogen and oxygen atoms in total. The molecule has 2 unspecified atom stereocenters. The van der Waals surface area contributed by atoms with E-state index in [0.717, 1.165) is 12.5 Å². The van der Waals surface area contributed by atoms with Gasteiger partial charge in [0.05, 0.1) is 0 Å². The highest BCUT2D eigenvalue weighted by atomic mass is 16.1. The van der Waals surface area contributed by atoms with Crippen LogP contribution in [0.3, 0.4) is 0 Å². The topological polar surface area (TPSA) is 58.4 Å². The van der Waals surface area contributed by atoms with Gasteiger partial charge in [0, 0.05) is 25.0 Å². The number of hydrogen-bond acceptors (Lipinski definition) is 3. The third kappa shape index (κ3) is 2.69. The zero-order chi connectivity index (χ0) is 10.8. The van der Waals surface area contributed by atoms with Crippen molar-refractivity contribution >= 4 is 5.91 Å². The molecule has 3 fully saturated rings. The third-order valence-corrected chi connectivity index (χ3v) is 3.66. The molecule has 15 heavy (non-hydrogen) atoms. The number of nitrogens with one attached hydrogen (secondary N) is 1. The van der Waals surface area contributed by atoms with Gasteiger partial charge in [-0.2, -0.15) is 0 Å². The number of fused-ring (bicyclic) bond motifs is 3. The molecule has 1 amide bonds. The van der Waals surface area contributed by atoms with Gasteiger partial charge in [-0.15, -0.1) is 0 Å². The van der Waals surface area contributed by atoms with Crippen LogP contribution in [0.25, 0.3) is 0 Å². The Morgan fingerprint density at radius 1 is 1.53 bits per heavy atom. The molecule has 0 aromatic carbocycles. The van der Waals surface area contributed by atoms with Crippen molar-refractivity contribution in [3.8, 4) is 0 Å². The molecule has 0 aliphatic carbocycles. The standard InChI is InChI=1S/C11H21N3O/c1-8(6-11(12)15)13-10-7-14-4-2-9(10)3-5-14/h8-10,13H,2-7H2,1H3,(H2,12,15). The Bertz CT molecular complexity index is 236. The molecule has 2 atom stereocenters. The second-order valence-electron chi connectivity index (χ2n) is 4.98. The van der Waals surface area contributed by atoms with Crippen molar-refractivity contribution in [1.29, 1.82) is 0 Å². The molecule has 0 saturated carbocycles. The van der Waals surface area contributed by atoms with Crippen molar-refractivity contribution in [3.05, 3.63) is 0 Å². The van der Waals surface area contributed by atoms with Crippen LogP contribution in [-0.4, -0.2) is 42.5 Å². The van der Waals surface area contributed by atoms with Gasteiger partial charge >= 0.3 is 0 Å². The van der Waals surface area contributed by atoms with Crippen LogP contribution in [0.2, 0.25) is 0 Å². The first-order chi connectivity index (χ1) is 7.15. The minimum atomic E-state index is -0.212. The molecule has 0 spiro atoms. The Labute approximate surface area is 91.2 Å². The summed E-state index contributed by atoms with van der Waals surface area (Å²) in [6.45, 7) is 5.70. The summed E-state index contributed by atoms with van der Waals surface area (Å²) in [5.74, 6) is 0.599. The van der Waals surface area contributed by atoms with Gasteiger partial charge in [0.2, 0.25) is 5.91 Å². The van der Waals surface area contributed by atoms with Crippen molar-refractivity contribution in [2.75, 3.05) is 19.6 Å². The predicted molar refractivity (Wildman–Crippen MR) is 59.4 cm³/mol. The van der Waals surface area contributed by atoms with Crippen molar-refractivity contribution < 1.29 is 4.79 Å². The fourth-order valence-corrected chi connectivity index (χ4v) is 2.88. The van der Waals surface area contributed by atoms with E-state index in [4.69, 9.17) is 5.73 Å². The fraction of sp³-hybridized carbons (Fsp3) is 0.909. The Kier molecular flexibility index (Phi) is 3.26. The van der Waals surface area contributed by atoms with Crippen LogP contribution in [0.5, 0.6) is 0 Å². The first-order valence-electron chi connectivity index (χ1n) is 5.92. The largest absolute Gasteiger partial charge is 0.370 e. The van der Waals surface area contributed by atoms with Crippen molar-refractivity contribution in [2.45, 2.75) is 38.3 Å². The molecule has 86 valence electrons. The van der Waals surface area contributed by atoms with E-state index in [9.17, 15) is 4.79 Å². The molecule has 4 heteroatoms. The summed E-state index contributed by atoms with van der Waals surface area (Å²) >= 11 is 0. The van der Waals surface area contributed by atoms with Gasteiger partial charge in [0.25, 0.3) is 0 Å². The lowest BCUT2D eigenvalue weighted by Crippen LogP contribution is -2.57. The molecule has 3 N–H and O–H groups in total. The van der Waals surface area contributed by atoms with E-state index in [-0.39, 0.29) is 11.9 Å². The van der Waals surface area contributed by atoms with Crippen molar-refractivity contribution in [2.24, 2.45) is 11.7 Å². The molecule has 3 aliphatic heterocycles. The number of nitrogens with two attached hydrogens (primary N) is 1. The number of carbonyl (C=O) groups excluding carboxylic acids is 1. The smallest absolute Gasteiger partial charge is 0.218 e. The summed E-state index contributed by atoms with van der Waals surface area (Å²) in [5.41, 5.74) is 5.19. The number of carbonyl (C=O) groups is 1. The van der Waals surface area contributed by atoms with E-state index < -0.39 is 0 Å². The number of amides is 1. The van der Waals surface area contributed by atoms with E-state index in [1.54, 1.807) is 0 Å². The lowest BCUT2D eigenvalue weighted by atomic mass is 9.83. The normalized spacial score (nSPS) is 36.5. The minimum absolute atomic E-state index is 0.212. The summed E-state index contributed by atoms with van der Waals surface area (Å²) in [6.07, 6.45) is 3.06. The zero-order valence-corrected chi connectivity index (χ0v) is 9.41. The molecular weight excluding hydrogens is 190 g/mol. The minimum Gasteiger partial charge on any atom is -0.370 e. The number of piperidine rings is 3. The molecular formula is C11H21N3O. The molecule has 3 rings (SSSR count). The predicted octanol–water partition coefficient (Wildman–Crippen LogP) is -0.0659. The highest BCUT2D eigenvalue weighted by Gasteiger charge is 2.34. The average Bonchev–Trinajstić information content (AvgIpc) is 2.17. The van der Waals surface area contributed by atoms with Gasteiger partial charge in [0.15, 0.2) is 0 Å². The van der Waals surface area contributed by atoms with Crippen LogP contribution in [0.15, 0.2) is 0 Å². The lowest BCUT2D eigenvalue weighted by molar-refractivity contribution is -0.118. The molecule has 3 saturated heterocycles. The Hall–Kier alpha value is -0.610. The molecule has 2 bridgehead atoms. The van der Waals surface area contributed by atoms with E-state index in [0.29, 0.717) is 12.5 Å². The first-order valence-corrected chi connectivity index (χ1v) is 5.92. The van der Waals surface area contributed by atoms with Crippen LogP contribution in [0, 0.1) is 5.92 Å². The van der Waals surface area contributed by atoms with Crippen LogP contribution >= 0.6 is 0 Å². The monoisotopic (exact) mass is 211 g/mol. The highest BCUT2D eigenvalue weighted by Crippen LogP contribution is 2.27. The Balaban J connectivity index is 1.81. The Morgan fingerprint density at radius 3 is 2.67 bits per heavy atom. The summed E-state index contributed by atoms with van der Waals surface area (Å²) in [6, 6.07) is 0.787. The average molecular weight is 211 g/mol. The number of rotatable bonds is 4. The van der Waals surface area contributed by atoms with Gasteiger partial charge < -0.3 is 16.0 Å². The van der Waals surface area contributed by atoms with Crippen molar-refractivity contribution in [3.63, 3.8) is 0 Å². The summed E-state index contributed by atoms with van der Waals surface area (Å²) in [4.78, 5) is 13.3. The number of nitrogens with zero attached hydrogens (tertiary/aromatic N) is 1.